The molecule has 15 heavy (non-hydrogen) atoms. The molecule has 5 nitrogen and oxygen atoms in total. The molecule has 2 N–H and O–H groups in total. The molecule has 0 bridgehead atoms. The van der Waals surface area contributed by atoms with E-state index < -0.39 is 28.9 Å². The molecule has 86 valence electrons. The molecular formula is C10H16O5. The van der Waals surface area contributed by atoms with E-state index in [4.69, 9.17) is 5.11 Å². The van der Waals surface area contributed by atoms with E-state index in [1.54, 1.807) is 20.8 Å². The van der Waals surface area contributed by atoms with Crippen LogP contribution in [0.1, 0.15) is 27.2 Å². The SMILES string of the molecule is CCOC(=O)C(C(=O)O)[C@]1(O)CC1(C)C. The summed E-state index contributed by atoms with van der Waals surface area (Å²) in [5.41, 5.74) is -2.01. The highest BCUT2D eigenvalue weighted by molar-refractivity contribution is 5.96. The minimum Gasteiger partial charge on any atom is -0.481 e. The Morgan fingerprint density at radius 3 is 2.20 bits per heavy atom. The Bertz CT molecular complexity index is 296. The number of rotatable bonds is 4. The van der Waals surface area contributed by atoms with E-state index in [0.29, 0.717) is 6.42 Å². The van der Waals surface area contributed by atoms with E-state index in [9.17, 15) is 14.7 Å². The second-order valence-corrected chi connectivity index (χ2v) is 4.51. The van der Waals surface area contributed by atoms with Gasteiger partial charge in [-0.25, -0.2) is 0 Å². The van der Waals surface area contributed by atoms with Gasteiger partial charge in [-0.05, 0) is 18.8 Å². The number of esters is 1. The van der Waals surface area contributed by atoms with Crippen LogP contribution < -0.4 is 0 Å². The van der Waals surface area contributed by atoms with Crippen molar-refractivity contribution >= 4 is 11.9 Å². The van der Waals surface area contributed by atoms with Crippen molar-refractivity contribution in [2.75, 3.05) is 6.61 Å². The van der Waals surface area contributed by atoms with Crippen molar-refractivity contribution in [2.24, 2.45) is 11.3 Å². The lowest BCUT2D eigenvalue weighted by atomic mass is 9.93. The molecule has 1 aliphatic carbocycles. The molecule has 0 aromatic heterocycles. The third kappa shape index (κ3) is 1.84. The number of hydrogen-bond donors (Lipinski definition) is 2. The Balaban J connectivity index is 2.86. The minimum absolute atomic E-state index is 0.110. The van der Waals surface area contributed by atoms with E-state index in [1.807, 2.05) is 0 Å². The van der Waals surface area contributed by atoms with Gasteiger partial charge in [-0.2, -0.15) is 0 Å². The highest BCUT2D eigenvalue weighted by atomic mass is 16.5. The van der Waals surface area contributed by atoms with Crippen LogP contribution in [0, 0.1) is 11.3 Å². The highest BCUT2D eigenvalue weighted by Gasteiger charge is 2.69. The smallest absolute Gasteiger partial charge is 0.323 e. The number of carboxylic acids is 1. The van der Waals surface area contributed by atoms with Gasteiger partial charge in [-0.15, -0.1) is 0 Å². The topological polar surface area (TPSA) is 83.8 Å². The summed E-state index contributed by atoms with van der Waals surface area (Å²) in [4.78, 5) is 22.3. The van der Waals surface area contributed by atoms with Crippen LogP contribution in [0.3, 0.4) is 0 Å². The molecule has 0 aromatic carbocycles. The third-order valence-corrected chi connectivity index (χ3v) is 3.01. The molecule has 0 spiro atoms. The first-order chi connectivity index (χ1) is 6.76. The number of aliphatic hydroxyl groups is 1. The Labute approximate surface area is 88.0 Å². The Kier molecular flexibility index (Phi) is 2.78. The zero-order chi connectivity index (χ0) is 11.9. The number of aliphatic carboxylic acids is 1. The van der Waals surface area contributed by atoms with Crippen molar-refractivity contribution in [1.82, 2.24) is 0 Å². The van der Waals surface area contributed by atoms with Crippen LogP contribution in [0.4, 0.5) is 0 Å². The lowest BCUT2D eigenvalue weighted by Crippen LogP contribution is -2.40. The summed E-state index contributed by atoms with van der Waals surface area (Å²) in [6.45, 7) is 5.16. The van der Waals surface area contributed by atoms with Gasteiger partial charge in [0.15, 0.2) is 5.92 Å². The van der Waals surface area contributed by atoms with Crippen LogP contribution in [-0.2, 0) is 14.3 Å². The summed E-state index contributed by atoms with van der Waals surface area (Å²) in [7, 11) is 0. The molecule has 0 aromatic rings. The molecule has 2 atom stereocenters. The number of carbonyl (C=O) groups is 2. The van der Waals surface area contributed by atoms with E-state index in [0.717, 1.165) is 0 Å². The monoisotopic (exact) mass is 216 g/mol. The molecule has 1 fully saturated rings. The van der Waals surface area contributed by atoms with Crippen molar-refractivity contribution in [3.63, 3.8) is 0 Å². The van der Waals surface area contributed by atoms with Crippen LogP contribution in [0.5, 0.6) is 0 Å². The van der Waals surface area contributed by atoms with Crippen LogP contribution in [0.15, 0.2) is 0 Å². The summed E-state index contributed by atoms with van der Waals surface area (Å²) in [6, 6.07) is 0. The van der Waals surface area contributed by atoms with Gasteiger partial charge in [0, 0.05) is 0 Å². The highest BCUT2D eigenvalue weighted by Crippen LogP contribution is 2.59. The van der Waals surface area contributed by atoms with Gasteiger partial charge in [-0.1, -0.05) is 13.8 Å². The number of carboxylic acid groups (broad SMARTS) is 1. The summed E-state index contributed by atoms with van der Waals surface area (Å²) < 4.78 is 4.65. The van der Waals surface area contributed by atoms with Crippen LogP contribution >= 0.6 is 0 Å². The summed E-state index contributed by atoms with van der Waals surface area (Å²) in [6.07, 6.45) is 0.301. The summed E-state index contributed by atoms with van der Waals surface area (Å²) >= 11 is 0. The molecule has 0 radical (unpaired) electrons. The van der Waals surface area contributed by atoms with Crippen LogP contribution in [0.2, 0.25) is 0 Å². The van der Waals surface area contributed by atoms with E-state index in [-0.39, 0.29) is 6.61 Å². The summed E-state index contributed by atoms with van der Waals surface area (Å²) in [5, 5.41) is 18.9. The van der Waals surface area contributed by atoms with Gasteiger partial charge in [0.05, 0.1) is 12.2 Å². The molecule has 1 unspecified atom stereocenters. The quantitative estimate of drug-likeness (QED) is 0.525. The zero-order valence-electron chi connectivity index (χ0n) is 9.11. The second-order valence-electron chi connectivity index (χ2n) is 4.51. The average Bonchev–Trinajstić information content (AvgIpc) is 2.49. The normalized spacial score (nSPS) is 29.3. The maximum Gasteiger partial charge on any atom is 0.323 e. The molecule has 5 heteroatoms. The lowest BCUT2D eigenvalue weighted by molar-refractivity contribution is -0.166. The molecule has 1 aliphatic rings. The fourth-order valence-corrected chi connectivity index (χ4v) is 1.85. The fraction of sp³-hybridized carbons (Fsp3) is 0.800. The standard InChI is InChI=1S/C10H16O5/c1-4-15-8(13)6(7(11)12)10(14)5-9(10,2)3/h6,14H,4-5H2,1-3H3,(H,11,12)/t6?,10-/m1/s1. The van der Waals surface area contributed by atoms with Crippen molar-refractivity contribution in [1.29, 1.82) is 0 Å². The van der Waals surface area contributed by atoms with Gasteiger partial charge in [0.25, 0.3) is 0 Å². The fourth-order valence-electron chi connectivity index (χ4n) is 1.85. The molecule has 1 rings (SSSR count). The maximum absolute atomic E-state index is 11.4. The number of hydrogen-bond acceptors (Lipinski definition) is 4. The van der Waals surface area contributed by atoms with Gasteiger partial charge in [0.2, 0.25) is 0 Å². The number of ether oxygens (including phenoxy) is 1. The molecule has 1 saturated carbocycles. The largest absolute Gasteiger partial charge is 0.481 e. The third-order valence-electron chi connectivity index (χ3n) is 3.01. The second kappa shape index (κ2) is 3.48. The maximum atomic E-state index is 11.4. The van der Waals surface area contributed by atoms with Crippen molar-refractivity contribution in [3.8, 4) is 0 Å². The van der Waals surface area contributed by atoms with E-state index >= 15 is 0 Å². The predicted octanol–water partition coefficient (Wildman–Crippen LogP) is 0.411. The average molecular weight is 216 g/mol. The first-order valence-corrected chi connectivity index (χ1v) is 4.88. The van der Waals surface area contributed by atoms with Gasteiger partial charge >= 0.3 is 11.9 Å². The van der Waals surface area contributed by atoms with Gasteiger partial charge in [0.1, 0.15) is 0 Å². The molecule has 0 saturated heterocycles. The van der Waals surface area contributed by atoms with Gasteiger partial charge < -0.3 is 14.9 Å². The van der Waals surface area contributed by atoms with Crippen LogP contribution in [0.25, 0.3) is 0 Å². The summed E-state index contributed by atoms with van der Waals surface area (Å²) in [5.74, 6) is -3.67. The minimum atomic E-state index is -1.48. The lowest BCUT2D eigenvalue weighted by Gasteiger charge is -2.20. The van der Waals surface area contributed by atoms with Crippen LogP contribution in [-0.4, -0.2) is 34.4 Å². The Morgan fingerprint density at radius 1 is 1.47 bits per heavy atom. The van der Waals surface area contributed by atoms with Gasteiger partial charge in [-0.3, -0.25) is 9.59 Å². The predicted molar refractivity (Wildman–Crippen MR) is 51.1 cm³/mol. The molecule has 0 amide bonds. The molecule has 0 heterocycles. The Hall–Kier alpha value is -1.10. The van der Waals surface area contributed by atoms with Crippen molar-refractivity contribution in [3.05, 3.63) is 0 Å². The molecular weight excluding hydrogens is 200 g/mol. The first-order valence-electron chi connectivity index (χ1n) is 4.88. The number of carbonyl (C=O) groups excluding carboxylic acids is 1. The van der Waals surface area contributed by atoms with Crippen molar-refractivity contribution < 1.29 is 24.5 Å². The zero-order valence-corrected chi connectivity index (χ0v) is 9.11. The van der Waals surface area contributed by atoms with E-state index in [1.165, 1.54) is 0 Å². The van der Waals surface area contributed by atoms with E-state index in [2.05, 4.69) is 4.74 Å². The molecule has 0 aliphatic heterocycles. The van der Waals surface area contributed by atoms with Crippen molar-refractivity contribution in [2.45, 2.75) is 32.8 Å². The Morgan fingerprint density at radius 2 is 1.93 bits per heavy atom. The first kappa shape index (κ1) is 12.0.